The lowest BCUT2D eigenvalue weighted by Gasteiger charge is -2.26. The Morgan fingerprint density at radius 2 is 1.79 bits per heavy atom. The van der Waals surface area contributed by atoms with E-state index in [-0.39, 0.29) is 11.0 Å². The van der Waals surface area contributed by atoms with E-state index in [0.29, 0.717) is 0 Å². The molecule has 0 aliphatic heterocycles. The lowest BCUT2D eigenvalue weighted by Crippen LogP contribution is -2.42. The summed E-state index contributed by atoms with van der Waals surface area (Å²) in [6, 6.07) is 9.02. The summed E-state index contributed by atoms with van der Waals surface area (Å²) in [5.41, 5.74) is 1.74. The van der Waals surface area contributed by atoms with Gasteiger partial charge in [0.05, 0.1) is 6.33 Å². The standard InChI is InChI=1S/C20H31N3S/c1-19(2,3)17-7-9-18(10-8-17)24-15-20(4,5)22-11-6-13-23-14-12-21-16-23/h7-10,12,14,16,22H,6,11,13,15H2,1-5H3. The first-order chi connectivity index (χ1) is 11.3. The van der Waals surface area contributed by atoms with Crippen LogP contribution in [0.2, 0.25) is 0 Å². The SMILES string of the molecule is CC(C)(CSc1ccc(C(C)(C)C)cc1)NCCCn1ccnc1. The lowest BCUT2D eigenvalue weighted by molar-refractivity contribution is 0.420. The minimum atomic E-state index is 0.127. The van der Waals surface area contributed by atoms with Crippen molar-refractivity contribution in [2.75, 3.05) is 12.3 Å². The third-order valence-corrected chi connectivity index (χ3v) is 5.55. The second kappa shape index (κ2) is 8.21. The maximum atomic E-state index is 4.07. The molecule has 0 saturated carbocycles. The molecule has 2 rings (SSSR count). The molecule has 1 N–H and O–H groups in total. The molecule has 4 heteroatoms. The minimum absolute atomic E-state index is 0.127. The van der Waals surface area contributed by atoms with Crippen molar-refractivity contribution in [2.24, 2.45) is 0 Å². The van der Waals surface area contributed by atoms with Crippen LogP contribution in [0.15, 0.2) is 47.9 Å². The van der Waals surface area contributed by atoms with E-state index in [1.165, 1.54) is 10.5 Å². The summed E-state index contributed by atoms with van der Waals surface area (Å²) in [7, 11) is 0. The summed E-state index contributed by atoms with van der Waals surface area (Å²) in [4.78, 5) is 5.42. The molecule has 0 aliphatic rings. The Morgan fingerprint density at radius 3 is 2.38 bits per heavy atom. The number of benzene rings is 1. The Hall–Kier alpha value is -1.26. The topological polar surface area (TPSA) is 29.9 Å². The summed E-state index contributed by atoms with van der Waals surface area (Å²) in [6.07, 6.45) is 6.84. The molecule has 1 heterocycles. The maximum absolute atomic E-state index is 4.07. The van der Waals surface area contributed by atoms with Crippen molar-refractivity contribution in [1.82, 2.24) is 14.9 Å². The molecule has 0 aliphatic carbocycles. The van der Waals surface area contributed by atoms with E-state index in [2.05, 4.69) is 73.8 Å². The van der Waals surface area contributed by atoms with Crippen molar-refractivity contribution < 1.29 is 0 Å². The molecule has 24 heavy (non-hydrogen) atoms. The highest BCUT2D eigenvalue weighted by Crippen LogP contribution is 2.27. The number of nitrogens with one attached hydrogen (secondary N) is 1. The van der Waals surface area contributed by atoms with E-state index in [9.17, 15) is 0 Å². The predicted molar refractivity (Wildman–Crippen MR) is 105 cm³/mol. The Morgan fingerprint density at radius 1 is 1.08 bits per heavy atom. The first kappa shape index (κ1) is 19.1. The number of aromatic nitrogens is 2. The molecule has 0 saturated heterocycles. The normalized spacial score (nSPS) is 12.5. The molecule has 0 atom stereocenters. The molecule has 1 aromatic heterocycles. The van der Waals surface area contributed by atoms with E-state index in [4.69, 9.17) is 0 Å². The average Bonchev–Trinajstić information content (AvgIpc) is 3.03. The van der Waals surface area contributed by atoms with E-state index in [0.717, 1.165) is 25.3 Å². The summed E-state index contributed by atoms with van der Waals surface area (Å²) < 4.78 is 2.13. The molecule has 0 amide bonds. The van der Waals surface area contributed by atoms with Crippen LogP contribution >= 0.6 is 11.8 Å². The molecular formula is C20H31N3S. The van der Waals surface area contributed by atoms with E-state index >= 15 is 0 Å². The number of nitrogens with zero attached hydrogens (tertiary/aromatic N) is 2. The van der Waals surface area contributed by atoms with E-state index in [1.807, 2.05) is 30.5 Å². The van der Waals surface area contributed by atoms with Gasteiger partial charge in [-0.05, 0) is 49.9 Å². The fraction of sp³-hybridized carbons (Fsp3) is 0.550. The van der Waals surface area contributed by atoms with Gasteiger partial charge in [-0.2, -0.15) is 0 Å². The third kappa shape index (κ3) is 6.33. The first-order valence-corrected chi connectivity index (χ1v) is 9.69. The second-order valence-corrected chi connectivity index (χ2v) is 9.08. The van der Waals surface area contributed by atoms with Crippen LogP contribution in [0.5, 0.6) is 0 Å². The van der Waals surface area contributed by atoms with Gasteiger partial charge in [-0.1, -0.05) is 32.9 Å². The zero-order chi connectivity index (χ0) is 17.6. The Kier molecular flexibility index (Phi) is 6.53. The Balaban J connectivity index is 1.73. The van der Waals surface area contributed by atoms with Crippen LogP contribution in [0.4, 0.5) is 0 Å². The smallest absolute Gasteiger partial charge is 0.0945 e. The van der Waals surface area contributed by atoms with Crippen molar-refractivity contribution >= 4 is 11.8 Å². The Bertz CT molecular complexity index is 595. The first-order valence-electron chi connectivity index (χ1n) is 8.70. The number of imidazole rings is 1. The number of aryl methyl sites for hydroxylation is 1. The van der Waals surface area contributed by atoms with E-state index < -0.39 is 0 Å². The second-order valence-electron chi connectivity index (χ2n) is 8.03. The summed E-state index contributed by atoms with van der Waals surface area (Å²) >= 11 is 1.92. The zero-order valence-electron chi connectivity index (χ0n) is 15.7. The van der Waals surface area contributed by atoms with Gasteiger partial charge in [-0.15, -0.1) is 11.8 Å². The Labute approximate surface area is 151 Å². The van der Waals surface area contributed by atoms with Crippen LogP contribution in [0, 0.1) is 0 Å². The predicted octanol–water partition coefficient (Wildman–Crippen LogP) is 4.73. The van der Waals surface area contributed by atoms with Gasteiger partial charge in [-0.25, -0.2) is 4.98 Å². The van der Waals surface area contributed by atoms with Crippen LogP contribution in [-0.2, 0) is 12.0 Å². The summed E-state index contributed by atoms with van der Waals surface area (Å²) in [5, 5.41) is 3.67. The highest BCUT2D eigenvalue weighted by atomic mass is 32.2. The van der Waals surface area contributed by atoms with Crippen LogP contribution < -0.4 is 5.32 Å². The average molecular weight is 346 g/mol. The zero-order valence-corrected chi connectivity index (χ0v) is 16.5. The van der Waals surface area contributed by atoms with Crippen LogP contribution in [-0.4, -0.2) is 27.4 Å². The summed E-state index contributed by atoms with van der Waals surface area (Å²) in [5.74, 6) is 1.06. The highest BCUT2D eigenvalue weighted by Gasteiger charge is 2.17. The highest BCUT2D eigenvalue weighted by molar-refractivity contribution is 7.99. The molecule has 0 unspecified atom stereocenters. The van der Waals surface area contributed by atoms with Crippen molar-refractivity contribution in [3.8, 4) is 0 Å². The molecule has 1 aromatic carbocycles. The van der Waals surface area contributed by atoms with Gasteiger partial charge in [-0.3, -0.25) is 0 Å². The molecule has 2 aromatic rings. The molecule has 132 valence electrons. The number of thioether (sulfide) groups is 1. The van der Waals surface area contributed by atoms with Gasteiger partial charge >= 0.3 is 0 Å². The molecule has 0 bridgehead atoms. The molecular weight excluding hydrogens is 314 g/mol. The van der Waals surface area contributed by atoms with Gasteiger partial charge in [0.2, 0.25) is 0 Å². The van der Waals surface area contributed by atoms with Crippen molar-refractivity contribution in [1.29, 1.82) is 0 Å². The van der Waals surface area contributed by atoms with Crippen LogP contribution in [0.25, 0.3) is 0 Å². The lowest BCUT2D eigenvalue weighted by atomic mass is 9.87. The number of rotatable bonds is 8. The molecule has 0 spiro atoms. The van der Waals surface area contributed by atoms with Gasteiger partial charge in [0.15, 0.2) is 0 Å². The fourth-order valence-corrected chi connectivity index (χ4v) is 3.43. The number of hydrogen-bond acceptors (Lipinski definition) is 3. The molecule has 0 radical (unpaired) electrons. The van der Waals surface area contributed by atoms with Gasteiger partial charge in [0.25, 0.3) is 0 Å². The van der Waals surface area contributed by atoms with Crippen LogP contribution in [0.3, 0.4) is 0 Å². The number of hydrogen-bond donors (Lipinski definition) is 1. The third-order valence-electron chi connectivity index (χ3n) is 4.08. The van der Waals surface area contributed by atoms with Gasteiger partial charge in [0.1, 0.15) is 0 Å². The largest absolute Gasteiger partial charge is 0.337 e. The van der Waals surface area contributed by atoms with Crippen molar-refractivity contribution in [2.45, 2.75) is 63.4 Å². The monoisotopic (exact) mass is 345 g/mol. The van der Waals surface area contributed by atoms with Crippen molar-refractivity contribution in [3.05, 3.63) is 48.5 Å². The molecule has 3 nitrogen and oxygen atoms in total. The van der Waals surface area contributed by atoms with Crippen molar-refractivity contribution in [3.63, 3.8) is 0 Å². The quantitative estimate of drug-likeness (QED) is 0.554. The summed E-state index contributed by atoms with van der Waals surface area (Å²) in [6.45, 7) is 13.4. The fourth-order valence-electron chi connectivity index (χ4n) is 2.47. The molecule has 0 fully saturated rings. The van der Waals surface area contributed by atoms with E-state index in [1.54, 1.807) is 0 Å². The maximum Gasteiger partial charge on any atom is 0.0945 e. The minimum Gasteiger partial charge on any atom is -0.337 e. The van der Waals surface area contributed by atoms with Gasteiger partial charge < -0.3 is 9.88 Å². The van der Waals surface area contributed by atoms with Crippen LogP contribution in [0.1, 0.15) is 46.6 Å². The van der Waals surface area contributed by atoms with Gasteiger partial charge in [0, 0.05) is 35.1 Å².